The SMILES string of the molecule is CC(=NNc1ccc(S(N)(=O)=O)cc1[N+](=O)[O-])c1ccc(F)cc1. The van der Waals surface area contributed by atoms with Gasteiger partial charge in [0, 0.05) is 6.07 Å². The molecular formula is C14H13FN4O4S. The lowest BCUT2D eigenvalue weighted by molar-refractivity contribution is -0.384. The van der Waals surface area contributed by atoms with Crippen molar-refractivity contribution in [2.24, 2.45) is 10.2 Å². The second-order valence-electron chi connectivity index (χ2n) is 4.80. The molecule has 2 aromatic rings. The molecule has 3 N–H and O–H groups in total. The highest BCUT2D eigenvalue weighted by Crippen LogP contribution is 2.27. The van der Waals surface area contributed by atoms with Gasteiger partial charge in [-0.05, 0) is 36.8 Å². The van der Waals surface area contributed by atoms with Crippen molar-refractivity contribution in [3.8, 4) is 0 Å². The fourth-order valence-corrected chi connectivity index (χ4v) is 2.37. The number of halogens is 1. The molecule has 0 aliphatic heterocycles. The van der Waals surface area contributed by atoms with E-state index >= 15 is 0 Å². The first-order valence-electron chi connectivity index (χ1n) is 6.56. The molecule has 0 aromatic heterocycles. The van der Waals surface area contributed by atoms with Crippen LogP contribution < -0.4 is 10.6 Å². The lowest BCUT2D eigenvalue weighted by Gasteiger charge is -2.06. The zero-order valence-electron chi connectivity index (χ0n) is 12.4. The number of nitro groups is 1. The van der Waals surface area contributed by atoms with Gasteiger partial charge in [-0.2, -0.15) is 5.10 Å². The molecule has 0 bridgehead atoms. The third kappa shape index (κ3) is 4.12. The van der Waals surface area contributed by atoms with Gasteiger partial charge in [-0.3, -0.25) is 15.5 Å². The van der Waals surface area contributed by atoms with Gasteiger partial charge >= 0.3 is 0 Å². The predicted octanol–water partition coefficient (Wildman–Crippen LogP) is 2.22. The number of hydrogen-bond acceptors (Lipinski definition) is 6. The van der Waals surface area contributed by atoms with Gasteiger partial charge in [-0.15, -0.1) is 0 Å². The van der Waals surface area contributed by atoms with E-state index in [1.807, 2.05) is 0 Å². The summed E-state index contributed by atoms with van der Waals surface area (Å²) in [6.45, 7) is 1.63. The first-order valence-corrected chi connectivity index (χ1v) is 8.10. The maximum absolute atomic E-state index is 12.9. The normalized spacial score (nSPS) is 12.0. The Kier molecular flexibility index (Phi) is 4.90. The Hall–Kier alpha value is -2.85. The van der Waals surface area contributed by atoms with E-state index in [1.54, 1.807) is 6.92 Å². The first-order chi connectivity index (χ1) is 11.2. The molecule has 0 heterocycles. The molecule has 2 aromatic carbocycles. The highest BCUT2D eigenvalue weighted by atomic mass is 32.2. The molecule has 0 fully saturated rings. The molecule has 0 radical (unpaired) electrons. The van der Waals surface area contributed by atoms with Crippen LogP contribution in [0, 0.1) is 15.9 Å². The van der Waals surface area contributed by atoms with Crippen LogP contribution in [0.15, 0.2) is 52.5 Å². The Labute approximate surface area is 137 Å². The Morgan fingerprint density at radius 3 is 2.42 bits per heavy atom. The van der Waals surface area contributed by atoms with Crippen molar-refractivity contribution in [1.29, 1.82) is 0 Å². The molecule has 0 spiro atoms. The summed E-state index contributed by atoms with van der Waals surface area (Å²) < 4.78 is 35.4. The van der Waals surface area contributed by atoms with Crippen LogP contribution in [0.4, 0.5) is 15.8 Å². The van der Waals surface area contributed by atoms with E-state index in [4.69, 9.17) is 5.14 Å². The van der Waals surface area contributed by atoms with Crippen molar-refractivity contribution in [2.75, 3.05) is 5.43 Å². The van der Waals surface area contributed by atoms with Crippen molar-refractivity contribution in [2.45, 2.75) is 11.8 Å². The smallest absolute Gasteiger partial charge is 0.271 e. The minimum atomic E-state index is -4.06. The molecular weight excluding hydrogens is 339 g/mol. The Morgan fingerprint density at radius 2 is 1.88 bits per heavy atom. The molecule has 0 aliphatic rings. The van der Waals surface area contributed by atoms with Crippen molar-refractivity contribution >= 4 is 27.1 Å². The second kappa shape index (κ2) is 6.72. The van der Waals surface area contributed by atoms with Crippen LogP contribution in [0.2, 0.25) is 0 Å². The van der Waals surface area contributed by atoms with Gasteiger partial charge < -0.3 is 0 Å². The van der Waals surface area contributed by atoms with E-state index in [2.05, 4.69) is 10.5 Å². The molecule has 24 heavy (non-hydrogen) atoms. The van der Waals surface area contributed by atoms with E-state index in [-0.39, 0.29) is 10.6 Å². The van der Waals surface area contributed by atoms with Crippen LogP contribution in [0.5, 0.6) is 0 Å². The average Bonchev–Trinajstić information content (AvgIpc) is 2.52. The number of hydrogen-bond donors (Lipinski definition) is 2. The van der Waals surface area contributed by atoms with Crippen molar-refractivity contribution in [1.82, 2.24) is 0 Å². The Bertz CT molecular complexity index is 911. The molecule has 0 aliphatic carbocycles. The summed E-state index contributed by atoms with van der Waals surface area (Å²) in [6.07, 6.45) is 0. The molecule has 0 atom stereocenters. The summed E-state index contributed by atoms with van der Waals surface area (Å²) in [4.78, 5) is 9.97. The number of nitrogens with zero attached hydrogens (tertiary/aromatic N) is 2. The number of hydrazone groups is 1. The van der Waals surface area contributed by atoms with Crippen LogP contribution in [0.3, 0.4) is 0 Å². The summed E-state index contributed by atoms with van der Waals surface area (Å²) in [5.41, 5.74) is 3.09. The summed E-state index contributed by atoms with van der Waals surface area (Å²) in [5.74, 6) is -0.395. The average molecular weight is 352 g/mol. The van der Waals surface area contributed by atoms with E-state index in [0.29, 0.717) is 11.3 Å². The van der Waals surface area contributed by atoms with Crippen LogP contribution in [0.25, 0.3) is 0 Å². The zero-order chi connectivity index (χ0) is 17.9. The standard InChI is InChI=1S/C14H13FN4O4S/c1-9(10-2-4-11(15)5-3-10)17-18-13-7-6-12(24(16,22)23)8-14(13)19(20)21/h2-8,18H,1H3,(H2,16,22,23). The van der Waals surface area contributed by atoms with Crippen LogP contribution in [-0.4, -0.2) is 19.1 Å². The number of sulfonamides is 1. The number of nitro benzene ring substituents is 1. The summed E-state index contributed by atoms with van der Waals surface area (Å²) in [6, 6.07) is 8.71. The van der Waals surface area contributed by atoms with E-state index in [9.17, 15) is 22.9 Å². The highest BCUT2D eigenvalue weighted by Gasteiger charge is 2.19. The number of rotatable bonds is 5. The minimum absolute atomic E-state index is 0.00568. The maximum atomic E-state index is 12.9. The van der Waals surface area contributed by atoms with Crippen molar-refractivity contribution < 1.29 is 17.7 Å². The Morgan fingerprint density at radius 1 is 1.25 bits per heavy atom. The van der Waals surface area contributed by atoms with Crippen LogP contribution in [-0.2, 0) is 10.0 Å². The molecule has 126 valence electrons. The second-order valence-corrected chi connectivity index (χ2v) is 6.36. The lowest BCUT2D eigenvalue weighted by atomic mass is 10.1. The molecule has 8 nitrogen and oxygen atoms in total. The van der Waals surface area contributed by atoms with Gasteiger partial charge in [0.2, 0.25) is 10.0 Å². The van der Waals surface area contributed by atoms with Gasteiger partial charge in [0.15, 0.2) is 0 Å². The van der Waals surface area contributed by atoms with E-state index < -0.39 is 26.5 Å². The molecule has 0 unspecified atom stereocenters. The third-order valence-corrected chi connectivity index (χ3v) is 4.01. The van der Waals surface area contributed by atoms with Gasteiger partial charge in [0.25, 0.3) is 5.69 Å². The maximum Gasteiger partial charge on any atom is 0.295 e. The summed E-state index contributed by atoms with van der Waals surface area (Å²) >= 11 is 0. The number of nitrogens with one attached hydrogen (secondary N) is 1. The number of primary sulfonamides is 1. The molecule has 2 rings (SSSR count). The summed E-state index contributed by atoms with van der Waals surface area (Å²) in [7, 11) is -4.06. The summed E-state index contributed by atoms with van der Waals surface area (Å²) in [5, 5.41) is 20.0. The topological polar surface area (TPSA) is 128 Å². The van der Waals surface area contributed by atoms with Crippen molar-refractivity contribution in [3.05, 3.63) is 64.0 Å². The lowest BCUT2D eigenvalue weighted by Crippen LogP contribution is -2.12. The Balaban J connectivity index is 2.33. The number of benzene rings is 2. The zero-order valence-corrected chi connectivity index (χ0v) is 13.2. The number of anilines is 1. The first kappa shape index (κ1) is 17.5. The van der Waals surface area contributed by atoms with Crippen LogP contribution >= 0.6 is 0 Å². The van der Waals surface area contributed by atoms with Crippen LogP contribution in [0.1, 0.15) is 12.5 Å². The van der Waals surface area contributed by atoms with Gasteiger partial charge in [-0.25, -0.2) is 17.9 Å². The molecule has 0 amide bonds. The van der Waals surface area contributed by atoms with Gasteiger partial charge in [0.1, 0.15) is 11.5 Å². The largest absolute Gasteiger partial charge is 0.295 e. The van der Waals surface area contributed by atoms with E-state index in [1.165, 1.54) is 30.3 Å². The van der Waals surface area contributed by atoms with Crippen molar-refractivity contribution in [3.63, 3.8) is 0 Å². The van der Waals surface area contributed by atoms with Gasteiger partial charge in [0.05, 0.1) is 15.5 Å². The fraction of sp³-hybridized carbons (Fsp3) is 0.0714. The van der Waals surface area contributed by atoms with E-state index in [0.717, 1.165) is 12.1 Å². The quantitative estimate of drug-likeness (QED) is 0.484. The highest BCUT2D eigenvalue weighted by molar-refractivity contribution is 7.89. The molecule has 0 saturated heterocycles. The third-order valence-electron chi connectivity index (χ3n) is 3.10. The molecule has 0 saturated carbocycles. The monoisotopic (exact) mass is 352 g/mol. The minimum Gasteiger partial charge on any atom is -0.271 e. The fourth-order valence-electron chi connectivity index (χ4n) is 1.83. The predicted molar refractivity (Wildman–Crippen MR) is 86.7 cm³/mol. The van der Waals surface area contributed by atoms with Gasteiger partial charge in [-0.1, -0.05) is 12.1 Å². The number of nitrogens with two attached hydrogens (primary N) is 1. The molecule has 10 heteroatoms.